The Morgan fingerprint density at radius 2 is 1.73 bits per heavy atom. The van der Waals surface area contributed by atoms with Gasteiger partial charge in [-0.25, -0.2) is 0 Å². The van der Waals surface area contributed by atoms with Gasteiger partial charge in [0.15, 0.2) is 0 Å². The van der Waals surface area contributed by atoms with E-state index in [1.807, 2.05) is 51.1 Å². The Morgan fingerprint density at radius 1 is 1.07 bits per heavy atom. The third kappa shape index (κ3) is 4.20. The molecule has 0 amide bonds. The first-order valence-electron chi connectivity index (χ1n) is 10.2. The Morgan fingerprint density at radius 3 is 2.37 bits per heavy atom. The number of rotatable bonds is 8. The smallest absolute Gasteiger partial charge is 0.316 e. The number of nitrogens with zero attached hydrogens (tertiary/aromatic N) is 1. The van der Waals surface area contributed by atoms with Crippen LogP contribution in [0.4, 0.5) is 0 Å². The summed E-state index contributed by atoms with van der Waals surface area (Å²) in [6, 6.07) is 18.5. The molecule has 0 saturated heterocycles. The molecule has 0 aromatic heterocycles. The summed E-state index contributed by atoms with van der Waals surface area (Å²) < 4.78 is 17.5. The van der Waals surface area contributed by atoms with Crippen molar-refractivity contribution in [2.75, 3.05) is 6.61 Å². The summed E-state index contributed by atoms with van der Waals surface area (Å²) in [6.45, 7) is 10.6. The Kier molecular flexibility index (Phi) is 6.19. The molecule has 1 aliphatic carbocycles. The van der Waals surface area contributed by atoms with Crippen molar-refractivity contribution in [3.8, 4) is 17.6 Å². The molecule has 3 atom stereocenters. The van der Waals surface area contributed by atoms with E-state index in [2.05, 4.69) is 19.9 Å². The Balaban J connectivity index is 1.72. The summed E-state index contributed by atoms with van der Waals surface area (Å²) in [5.74, 6) is 1.23. The zero-order chi connectivity index (χ0) is 21.9. The SMILES string of the molecule is CC(C)COC1C(C)(C)C1(C)C(=O)OC(C#N)c1cccc(Oc2ccccc2)c1. The molecule has 1 saturated carbocycles. The summed E-state index contributed by atoms with van der Waals surface area (Å²) in [6.07, 6.45) is -1.25. The molecule has 0 spiro atoms. The number of hydrogen-bond acceptors (Lipinski definition) is 5. The van der Waals surface area contributed by atoms with Crippen LogP contribution in [-0.4, -0.2) is 18.7 Å². The van der Waals surface area contributed by atoms with Gasteiger partial charge in [-0.05, 0) is 37.1 Å². The largest absolute Gasteiger partial charge is 0.457 e. The first-order valence-corrected chi connectivity index (χ1v) is 10.2. The molecule has 0 bridgehead atoms. The molecule has 1 aliphatic rings. The minimum absolute atomic E-state index is 0.230. The highest BCUT2D eigenvalue weighted by Crippen LogP contribution is 2.65. The third-order valence-corrected chi connectivity index (χ3v) is 5.94. The van der Waals surface area contributed by atoms with Gasteiger partial charge >= 0.3 is 5.97 Å². The molecule has 0 heterocycles. The van der Waals surface area contributed by atoms with Crippen LogP contribution in [0.2, 0.25) is 0 Å². The van der Waals surface area contributed by atoms with E-state index in [-0.39, 0.29) is 11.5 Å². The van der Waals surface area contributed by atoms with Gasteiger partial charge in [-0.3, -0.25) is 4.79 Å². The number of ether oxygens (including phenoxy) is 3. The van der Waals surface area contributed by atoms with Crippen LogP contribution in [0, 0.1) is 28.1 Å². The van der Waals surface area contributed by atoms with E-state index in [1.165, 1.54) is 0 Å². The van der Waals surface area contributed by atoms with Gasteiger partial charge in [0, 0.05) is 17.6 Å². The molecule has 0 radical (unpaired) electrons. The van der Waals surface area contributed by atoms with Crippen LogP contribution in [0.3, 0.4) is 0 Å². The van der Waals surface area contributed by atoms with Crippen molar-refractivity contribution in [3.63, 3.8) is 0 Å². The number of nitriles is 1. The van der Waals surface area contributed by atoms with Gasteiger partial charge in [0.1, 0.15) is 17.6 Å². The van der Waals surface area contributed by atoms with E-state index in [4.69, 9.17) is 14.2 Å². The van der Waals surface area contributed by atoms with Crippen molar-refractivity contribution in [1.82, 2.24) is 0 Å². The Bertz CT molecular complexity index is 932. The number of carbonyl (C=O) groups is 1. The minimum atomic E-state index is -1.02. The molecule has 1 fully saturated rings. The van der Waals surface area contributed by atoms with Crippen LogP contribution in [0.5, 0.6) is 11.5 Å². The number of esters is 1. The number of carbonyl (C=O) groups excluding carboxylic acids is 1. The van der Waals surface area contributed by atoms with Crippen molar-refractivity contribution in [3.05, 3.63) is 60.2 Å². The second-order valence-electron chi connectivity index (χ2n) is 8.93. The first-order chi connectivity index (χ1) is 14.2. The van der Waals surface area contributed by atoms with Gasteiger partial charge in [0.05, 0.1) is 11.5 Å². The lowest BCUT2D eigenvalue weighted by atomic mass is 9.98. The summed E-state index contributed by atoms with van der Waals surface area (Å²) in [4.78, 5) is 13.0. The van der Waals surface area contributed by atoms with E-state index >= 15 is 0 Å². The molecular weight excluding hydrogens is 378 g/mol. The van der Waals surface area contributed by atoms with E-state index in [9.17, 15) is 10.1 Å². The molecule has 5 nitrogen and oxygen atoms in total. The Labute approximate surface area is 178 Å². The molecule has 0 aliphatic heterocycles. The lowest BCUT2D eigenvalue weighted by Crippen LogP contribution is -2.24. The van der Waals surface area contributed by atoms with Crippen LogP contribution in [0.1, 0.15) is 46.3 Å². The number of hydrogen-bond donors (Lipinski definition) is 0. The predicted octanol–water partition coefficient (Wildman–Crippen LogP) is 5.67. The Hall–Kier alpha value is -2.84. The monoisotopic (exact) mass is 407 g/mol. The topological polar surface area (TPSA) is 68.5 Å². The van der Waals surface area contributed by atoms with Crippen molar-refractivity contribution in [2.24, 2.45) is 16.7 Å². The number of benzene rings is 2. The van der Waals surface area contributed by atoms with Gasteiger partial charge in [0.25, 0.3) is 0 Å². The fraction of sp³-hybridized carbons (Fsp3) is 0.440. The fourth-order valence-electron chi connectivity index (χ4n) is 3.72. The lowest BCUT2D eigenvalue weighted by molar-refractivity contribution is -0.155. The zero-order valence-electron chi connectivity index (χ0n) is 18.2. The highest BCUT2D eigenvalue weighted by atomic mass is 16.6. The summed E-state index contributed by atoms with van der Waals surface area (Å²) in [5.41, 5.74) is -0.562. The predicted molar refractivity (Wildman–Crippen MR) is 114 cm³/mol. The van der Waals surface area contributed by atoms with Crippen LogP contribution in [0.15, 0.2) is 54.6 Å². The highest BCUT2D eigenvalue weighted by Gasteiger charge is 2.75. The second kappa shape index (κ2) is 8.49. The molecular formula is C25H29NO4. The molecule has 2 aromatic carbocycles. The molecule has 3 unspecified atom stereocenters. The first kappa shape index (κ1) is 21.9. The number of para-hydroxylation sites is 1. The van der Waals surface area contributed by atoms with Crippen molar-refractivity contribution >= 4 is 5.97 Å². The second-order valence-corrected chi connectivity index (χ2v) is 8.93. The molecule has 0 N–H and O–H groups in total. The minimum Gasteiger partial charge on any atom is -0.457 e. The average molecular weight is 408 g/mol. The maximum absolute atomic E-state index is 13.0. The van der Waals surface area contributed by atoms with E-state index in [0.29, 0.717) is 29.6 Å². The normalized spacial score (nSPS) is 22.8. The lowest BCUT2D eigenvalue weighted by Gasteiger charge is -2.18. The van der Waals surface area contributed by atoms with Crippen molar-refractivity contribution in [1.29, 1.82) is 5.26 Å². The van der Waals surface area contributed by atoms with Gasteiger partial charge in [0.2, 0.25) is 6.10 Å². The van der Waals surface area contributed by atoms with Crippen LogP contribution in [-0.2, 0) is 14.3 Å². The average Bonchev–Trinajstić information content (AvgIpc) is 3.17. The van der Waals surface area contributed by atoms with Crippen molar-refractivity contribution in [2.45, 2.75) is 46.8 Å². The van der Waals surface area contributed by atoms with E-state index in [1.54, 1.807) is 24.3 Å². The summed E-state index contributed by atoms with van der Waals surface area (Å²) >= 11 is 0. The van der Waals surface area contributed by atoms with Gasteiger partial charge in [-0.1, -0.05) is 58.0 Å². The summed E-state index contributed by atoms with van der Waals surface area (Å²) in [7, 11) is 0. The van der Waals surface area contributed by atoms with Gasteiger partial charge in [-0.2, -0.15) is 5.26 Å². The van der Waals surface area contributed by atoms with E-state index in [0.717, 1.165) is 0 Å². The van der Waals surface area contributed by atoms with Crippen LogP contribution < -0.4 is 4.74 Å². The summed E-state index contributed by atoms with van der Waals surface area (Å²) in [5, 5.41) is 9.67. The fourth-order valence-corrected chi connectivity index (χ4v) is 3.72. The third-order valence-electron chi connectivity index (χ3n) is 5.94. The standard InChI is InChI=1S/C25H29NO4/c1-17(2)16-28-22-24(3,4)25(22,5)23(27)30-21(15-26)18-10-9-13-20(14-18)29-19-11-7-6-8-12-19/h6-14,17,21-22H,16H2,1-5H3. The van der Waals surface area contributed by atoms with Gasteiger partial charge in [-0.15, -0.1) is 0 Å². The molecule has 5 heteroatoms. The molecule has 2 aromatic rings. The highest BCUT2D eigenvalue weighted by molar-refractivity contribution is 5.83. The van der Waals surface area contributed by atoms with Crippen LogP contribution in [0.25, 0.3) is 0 Å². The maximum atomic E-state index is 13.0. The molecule has 158 valence electrons. The molecule has 30 heavy (non-hydrogen) atoms. The quantitative estimate of drug-likeness (QED) is 0.527. The maximum Gasteiger partial charge on any atom is 0.316 e. The zero-order valence-corrected chi connectivity index (χ0v) is 18.2. The van der Waals surface area contributed by atoms with Crippen molar-refractivity contribution < 1.29 is 19.0 Å². The van der Waals surface area contributed by atoms with Gasteiger partial charge < -0.3 is 14.2 Å². The van der Waals surface area contributed by atoms with E-state index < -0.39 is 17.5 Å². The molecule has 3 rings (SSSR count). The van der Waals surface area contributed by atoms with Crippen LogP contribution >= 0.6 is 0 Å².